The number of methoxy groups -OCH3 is 2. The van der Waals surface area contributed by atoms with Crippen LogP contribution in [-0.2, 0) is 10.2 Å². The van der Waals surface area contributed by atoms with Crippen molar-refractivity contribution in [3.8, 4) is 11.5 Å². The molecule has 1 aromatic heterocycles. The number of hydrogen-bond donors (Lipinski definition) is 2. The van der Waals surface area contributed by atoms with Crippen molar-refractivity contribution < 1.29 is 14.3 Å². The third kappa shape index (κ3) is 3.05. The van der Waals surface area contributed by atoms with Crippen LogP contribution in [0, 0.1) is 0 Å². The summed E-state index contributed by atoms with van der Waals surface area (Å²) in [6.45, 7) is 3.83. The molecular formula is C20H22N2O3. The number of hydrogen-bond acceptors (Lipinski definition) is 3. The number of amides is 1. The zero-order chi connectivity index (χ0) is 18.0. The normalized spacial score (nSPS) is 11.4. The third-order valence-electron chi connectivity index (χ3n) is 4.47. The zero-order valence-electron chi connectivity index (χ0n) is 14.8. The number of fused-ring (bicyclic) bond motifs is 1. The van der Waals surface area contributed by atoms with Crippen LogP contribution in [0.25, 0.3) is 10.9 Å². The van der Waals surface area contributed by atoms with Gasteiger partial charge in [0.15, 0.2) is 11.5 Å². The number of para-hydroxylation sites is 1. The molecule has 0 aliphatic heterocycles. The average Bonchev–Trinajstić information content (AvgIpc) is 3.06. The summed E-state index contributed by atoms with van der Waals surface area (Å²) < 4.78 is 10.5. The maximum atomic E-state index is 12.9. The van der Waals surface area contributed by atoms with Gasteiger partial charge in [0.1, 0.15) is 0 Å². The van der Waals surface area contributed by atoms with Crippen molar-refractivity contribution >= 4 is 22.5 Å². The molecule has 0 unspecified atom stereocenters. The van der Waals surface area contributed by atoms with Crippen molar-refractivity contribution in [1.82, 2.24) is 4.98 Å². The first-order valence-electron chi connectivity index (χ1n) is 8.07. The van der Waals surface area contributed by atoms with E-state index in [-0.39, 0.29) is 5.91 Å². The van der Waals surface area contributed by atoms with Gasteiger partial charge in [0, 0.05) is 28.9 Å². The highest BCUT2D eigenvalue weighted by Gasteiger charge is 2.32. The van der Waals surface area contributed by atoms with Gasteiger partial charge >= 0.3 is 0 Å². The monoisotopic (exact) mass is 338 g/mol. The number of ether oxygens (including phenoxy) is 2. The lowest BCUT2D eigenvalue weighted by molar-refractivity contribution is -0.120. The van der Waals surface area contributed by atoms with Gasteiger partial charge < -0.3 is 19.8 Å². The quantitative estimate of drug-likeness (QED) is 0.736. The Morgan fingerprint density at radius 3 is 2.48 bits per heavy atom. The van der Waals surface area contributed by atoms with Crippen molar-refractivity contribution in [3.63, 3.8) is 0 Å². The smallest absolute Gasteiger partial charge is 0.234 e. The largest absolute Gasteiger partial charge is 0.493 e. The Balaban J connectivity index is 1.89. The number of H-pyrrole nitrogens is 1. The van der Waals surface area contributed by atoms with Crippen molar-refractivity contribution in [2.75, 3.05) is 19.5 Å². The van der Waals surface area contributed by atoms with E-state index in [1.165, 1.54) is 0 Å². The van der Waals surface area contributed by atoms with E-state index in [0.717, 1.165) is 16.5 Å². The van der Waals surface area contributed by atoms with Gasteiger partial charge in [0.05, 0.1) is 19.6 Å². The van der Waals surface area contributed by atoms with E-state index >= 15 is 0 Å². The van der Waals surface area contributed by atoms with E-state index in [9.17, 15) is 4.79 Å². The lowest BCUT2D eigenvalue weighted by Gasteiger charge is -2.23. The zero-order valence-corrected chi connectivity index (χ0v) is 14.8. The van der Waals surface area contributed by atoms with Crippen molar-refractivity contribution in [3.05, 3.63) is 54.2 Å². The Kier molecular flexibility index (Phi) is 4.40. The van der Waals surface area contributed by atoms with E-state index in [0.29, 0.717) is 17.2 Å². The molecule has 3 aromatic rings. The molecule has 0 aliphatic carbocycles. The first-order chi connectivity index (χ1) is 12.0. The highest BCUT2D eigenvalue weighted by atomic mass is 16.5. The first kappa shape index (κ1) is 16.9. The van der Waals surface area contributed by atoms with Crippen LogP contribution < -0.4 is 14.8 Å². The molecule has 0 saturated heterocycles. The highest BCUT2D eigenvalue weighted by Crippen LogP contribution is 2.33. The highest BCUT2D eigenvalue weighted by molar-refractivity contribution is 6.02. The molecule has 0 spiro atoms. The van der Waals surface area contributed by atoms with Crippen LogP contribution in [0.4, 0.5) is 5.69 Å². The standard InChI is InChI=1S/C20H22N2O3/c1-20(2,15-12-21-16-8-6-5-7-14(15)16)19(23)22-13-9-10-17(24-3)18(11-13)25-4/h5-12,21H,1-4H3,(H,22,23). The number of aromatic nitrogens is 1. The Morgan fingerprint density at radius 1 is 1.04 bits per heavy atom. The fraction of sp³-hybridized carbons (Fsp3) is 0.250. The molecule has 5 heteroatoms. The summed E-state index contributed by atoms with van der Waals surface area (Å²) in [5.41, 5.74) is 1.94. The summed E-state index contributed by atoms with van der Waals surface area (Å²) in [6, 6.07) is 13.3. The van der Waals surface area contributed by atoms with Crippen LogP contribution in [-0.4, -0.2) is 25.1 Å². The van der Waals surface area contributed by atoms with Gasteiger partial charge in [-0.3, -0.25) is 4.79 Å². The second kappa shape index (κ2) is 6.51. The summed E-state index contributed by atoms with van der Waals surface area (Å²) in [6.07, 6.45) is 1.90. The summed E-state index contributed by atoms with van der Waals surface area (Å²) in [5.74, 6) is 1.10. The summed E-state index contributed by atoms with van der Waals surface area (Å²) >= 11 is 0. The van der Waals surface area contributed by atoms with Gasteiger partial charge in [-0.1, -0.05) is 18.2 Å². The van der Waals surface area contributed by atoms with Crippen molar-refractivity contribution in [1.29, 1.82) is 0 Å². The van der Waals surface area contributed by atoms with Crippen LogP contribution in [0.1, 0.15) is 19.4 Å². The molecule has 2 aromatic carbocycles. The maximum absolute atomic E-state index is 12.9. The first-order valence-corrected chi connectivity index (χ1v) is 8.07. The molecular weight excluding hydrogens is 316 g/mol. The lowest BCUT2D eigenvalue weighted by atomic mass is 9.83. The second-order valence-corrected chi connectivity index (χ2v) is 6.40. The molecule has 0 atom stereocenters. The number of carbonyl (C=O) groups is 1. The van der Waals surface area contributed by atoms with Gasteiger partial charge in [-0.25, -0.2) is 0 Å². The predicted octanol–water partition coefficient (Wildman–Crippen LogP) is 4.10. The minimum Gasteiger partial charge on any atom is -0.493 e. The Bertz CT molecular complexity index is 912. The Hall–Kier alpha value is -2.95. The van der Waals surface area contributed by atoms with Crippen molar-refractivity contribution in [2.24, 2.45) is 0 Å². The van der Waals surface area contributed by atoms with Gasteiger partial charge in [0.2, 0.25) is 5.91 Å². The van der Waals surface area contributed by atoms with Gasteiger partial charge in [0.25, 0.3) is 0 Å². The van der Waals surface area contributed by atoms with E-state index in [1.54, 1.807) is 32.4 Å². The second-order valence-electron chi connectivity index (χ2n) is 6.40. The molecule has 5 nitrogen and oxygen atoms in total. The number of aromatic amines is 1. The van der Waals surface area contributed by atoms with Crippen LogP contribution in [0.2, 0.25) is 0 Å². The number of benzene rings is 2. The number of anilines is 1. The number of carbonyl (C=O) groups excluding carboxylic acids is 1. The minimum atomic E-state index is -0.702. The average molecular weight is 338 g/mol. The van der Waals surface area contributed by atoms with E-state index in [4.69, 9.17) is 9.47 Å². The van der Waals surface area contributed by atoms with Crippen LogP contribution in [0.3, 0.4) is 0 Å². The summed E-state index contributed by atoms with van der Waals surface area (Å²) in [4.78, 5) is 16.2. The van der Waals surface area contributed by atoms with Gasteiger partial charge in [-0.15, -0.1) is 0 Å². The maximum Gasteiger partial charge on any atom is 0.234 e. The van der Waals surface area contributed by atoms with E-state index in [2.05, 4.69) is 10.3 Å². The Morgan fingerprint density at radius 2 is 1.76 bits per heavy atom. The molecule has 0 aliphatic rings. The Labute approximate surface area is 147 Å². The molecule has 0 radical (unpaired) electrons. The molecule has 0 saturated carbocycles. The fourth-order valence-corrected chi connectivity index (χ4v) is 2.91. The minimum absolute atomic E-state index is 0.0931. The molecule has 1 amide bonds. The SMILES string of the molecule is COc1ccc(NC(=O)C(C)(C)c2c[nH]c3ccccc23)cc1OC. The predicted molar refractivity (Wildman–Crippen MR) is 99.5 cm³/mol. The molecule has 2 N–H and O–H groups in total. The van der Waals surface area contributed by atoms with E-state index in [1.807, 2.05) is 44.3 Å². The molecule has 3 rings (SSSR count). The fourth-order valence-electron chi connectivity index (χ4n) is 2.91. The van der Waals surface area contributed by atoms with Crippen LogP contribution in [0.15, 0.2) is 48.7 Å². The summed E-state index contributed by atoms with van der Waals surface area (Å²) in [5, 5.41) is 4.02. The van der Waals surface area contributed by atoms with Crippen LogP contribution in [0.5, 0.6) is 11.5 Å². The number of rotatable bonds is 5. The molecule has 0 fully saturated rings. The van der Waals surface area contributed by atoms with Crippen molar-refractivity contribution in [2.45, 2.75) is 19.3 Å². The number of nitrogens with one attached hydrogen (secondary N) is 2. The third-order valence-corrected chi connectivity index (χ3v) is 4.47. The summed E-state index contributed by atoms with van der Waals surface area (Å²) in [7, 11) is 3.15. The molecule has 1 heterocycles. The molecule has 130 valence electrons. The molecule has 0 bridgehead atoms. The van der Waals surface area contributed by atoms with Gasteiger partial charge in [-0.05, 0) is 37.6 Å². The lowest BCUT2D eigenvalue weighted by Crippen LogP contribution is -2.34. The van der Waals surface area contributed by atoms with Crippen LogP contribution >= 0.6 is 0 Å². The van der Waals surface area contributed by atoms with E-state index < -0.39 is 5.41 Å². The topological polar surface area (TPSA) is 63.3 Å². The van der Waals surface area contributed by atoms with Gasteiger partial charge in [-0.2, -0.15) is 0 Å². The molecule has 25 heavy (non-hydrogen) atoms.